The van der Waals surface area contributed by atoms with Crippen molar-refractivity contribution >= 4 is 5.91 Å². The zero-order chi connectivity index (χ0) is 10.5. The summed E-state index contributed by atoms with van der Waals surface area (Å²) in [6.07, 6.45) is 0.311. The standard InChI is InChI=1S/C9H20N2O2/c1-7(6-12)5-11-8(13)4-9(2,3)10/h7,12H,4-6,10H2,1-3H3,(H,11,13). The molecule has 0 rings (SSSR count). The maximum atomic E-state index is 11.2. The Balaban J connectivity index is 3.64. The Morgan fingerprint density at radius 3 is 2.54 bits per heavy atom. The molecule has 0 aliphatic rings. The third kappa shape index (κ3) is 7.74. The first-order valence-corrected chi connectivity index (χ1v) is 4.51. The Morgan fingerprint density at radius 2 is 2.15 bits per heavy atom. The highest BCUT2D eigenvalue weighted by molar-refractivity contribution is 5.77. The van der Waals surface area contributed by atoms with Crippen LogP contribution >= 0.6 is 0 Å². The second kappa shape index (κ2) is 5.19. The van der Waals surface area contributed by atoms with Crippen LogP contribution < -0.4 is 11.1 Å². The summed E-state index contributed by atoms with van der Waals surface area (Å²) in [6, 6.07) is 0. The number of carbonyl (C=O) groups excluding carboxylic acids is 1. The number of nitrogens with one attached hydrogen (secondary N) is 1. The van der Waals surface area contributed by atoms with Gasteiger partial charge < -0.3 is 16.2 Å². The van der Waals surface area contributed by atoms with E-state index in [1.807, 2.05) is 20.8 Å². The van der Waals surface area contributed by atoms with Gasteiger partial charge in [-0.2, -0.15) is 0 Å². The molecular weight excluding hydrogens is 168 g/mol. The third-order valence-electron chi connectivity index (χ3n) is 1.58. The minimum absolute atomic E-state index is 0.0622. The Morgan fingerprint density at radius 1 is 1.62 bits per heavy atom. The molecule has 78 valence electrons. The van der Waals surface area contributed by atoms with Gasteiger partial charge >= 0.3 is 0 Å². The highest BCUT2D eigenvalue weighted by Gasteiger charge is 2.16. The number of nitrogens with two attached hydrogens (primary N) is 1. The van der Waals surface area contributed by atoms with E-state index < -0.39 is 5.54 Å². The van der Waals surface area contributed by atoms with Crippen molar-refractivity contribution in [2.24, 2.45) is 11.7 Å². The van der Waals surface area contributed by atoms with Gasteiger partial charge in [0.05, 0.1) is 0 Å². The molecule has 4 N–H and O–H groups in total. The van der Waals surface area contributed by atoms with E-state index >= 15 is 0 Å². The molecule has 1 unspecified atom stereocenters. The molecule has 0 saturated heterocycles. The summed E-state index contributed by atoms with van der Waals surface area (Å²) in [5, 5.41) is 11.4. The predicted octanol–water partition coefficient (Wildman–Crippen LogP) is -0.142. The number of aliphatic hydroxyl groups excluding tert-OH is 1. The zero-order valence-corrected chi connectivity index (χ0v) is 8.63. The van der Waals surface area contributed by atoms with Crippen LogP contribution in [0.2, 0.25) is 0 Å². The molecule has 4 heteroatoms. The Kier molecular flexibility index (Phi) is 4.95. The van der Waals surface area contributed by atoms with Crippen LogP contribution in [-0.2, 0) is 4.79 Å². The molecule has 13 heavy (non-hydrogen) atoms. The summed E-state index contributed by atoms with van der Waals surface area (Å²) >= 11 is 0. The van der Waals surface area contributed by atoms with E-state index in [0.29, 0.717) is 13.0 Å². The number of rotatable bonds is 5. The van der Waals surface area contributed by atoms with Gasteiger partial charge in [-0.25, -0.2) is 0 Å². The van der Waals surface area contributed by atoms with Crippen molar-refractivity contribution in [3.05, 3.63) is 0 Å². The fourth-order valence-corrected chi connectivity index (χ4v) is 0.829. The lowest BCUT2D eigenvalue weighted by atomic mass is 10.0. The van der Waals surface area contributed by atoms with Crippen LogP contribution in [0.3, 0.4) is 0 Å². The van der Waals surface area contributed by atoms with Crippen molar-refractivity contribution in [1.29, 1.82) is 0 Å². The van der Waals surface area contributed by atoms with Crippen LogP contribution in [0, 0.1) is 5.92 Å². The smallest absolute Gasteiger partial charge is 0.221 e. The fraction of sp³-hybridized carbons (Fsp3) is 0.889. The molecule has 0 aromatic heterocycles. The van der Waals surface area contributed by atoms with Gasteiger partial charge in [0.25, 0.3) is 0 Å². The normalized spacial score (nSPS) is 13.9. The van der Waals surface area contributed by atoms with Crippen LogP contribution in [0.1, 0.15) is 27.2 Å². The van der Waals surface area contributed by atoms with Crippen molar-refractivity contribution in [3.8, 4) is 0 Å². The summed E-state index contributed by atoms with van der Waals surface area (Å²) in [6.45, 7) is 6.08. The predicted molar refractivity (Wildman–Crippen MR) is 52.1 cm³/mol. The summed E-state index contributed by atoms with van der Waals surface area (Å²) < 4.78 is 0. The second-order valence-electron chi connectivity index (χ2n) is 4.26. The first-order valence-electron chi connectivity index (χ1n) is 4.51. The molecule has 0 aromatic rings. The number of carbonyl (C=O) groups is 1. The summed E-state index contributed by atoms with van der Waals surface area (Å²) in [5.74, 6) is 0.0395. The maximum Gasteiger partial charge on any atom is 0.221 e. The number of amides is 1. The molecule has 1 amide bonds. The Hall–Kier alpha value is -0.610. The lowest BCUT2D eigenvalue weighted by Gasteiger charge is -2.18. The van der Waals surface area contributed by atoms with Crippen molar-refractivity contribution in [1.82, 2.24) is 5.32 Å². The Labute approximate surface area is 79.5 Å². The summed E-state index contributed by atoms with van der Waals surface area (Å²) in [5.41, 5.74) is 5.20. The molecule has 0 radical (unpaired) electrons. The van der Waals surface area contributed by atoms with E-state index in [4.69, 9.17) is 10.8 Å². The molecule has 0 heterocycles. The van der Waals surface area contributed by atoms with Crippen LogP contribution in [0.25, 0.3) is 0 Å². The minimum atomic E-state index is -0.466. The molecule has 0 aliphatic carbocycles. The van der Waals surface area contributed by atoms with Crippen molar-refractivity contribution in [2.75, 3.05) is 13.2 Å². The molecule has 0 saturated carbocycles. The number of hydrogen-bond donors (Lipinski definition) is 3. The molecule has 0 bridgehead atoms. The third-order valence-corrected chi connectivity index (χ3v) is 1.58. The average Bonchev–Trinajstić information content (AvgIpc) is 1.97. The van der Waals surface area contributed by atoms with Gasteiger partial charge in [0.15, 0.2) is 0 Å². The van der Waals surface area contributed by atoms with Gasteiger partial charge in [0.2, 0.25) is 5.91 Å². The SMILES string of the molecule is CC(CO)CNC(=O)CC(C)(C)N. The lowest BCUT2D eigenvalue weighted by molar-refractivity contribution is -0.122. The van der Waals surface area contributed by atoms with E-state index in [9.17, 15) is 4.79 Å². The quantitative estimate of drug-likeness (QED) is 0.562. The van der Waals surface area contributed by atoms with Crippen LogP contribution in [0.4, 0.5) is 0 Å². The topological polar surface area (TPSA) is 75.3 Å². The first kappa shape index (κ1) is 12.4. The molecule has 0 spiro atoms. The van der Waals surface area contributed by atoms with Gasteiger partial charge in [-0.1, -0.05) is 6.92 Å². The number of hydrogen-bond acceptors (Lipinski definition) is 3. The molecule has 4 nitrogen and oxygen atoms in total. The van der Waals surface area contributed by atoms with E-state index in [1.165, 1.54) is 0 Å². The first-order chi connectivity index (χ1) is 5.85. The zero-order valence-electron chi connectivity index (χ0n) is 8.63. The van der Waals surface area contributed by atoms with E-state index in [-0.39, 0.29) is 18.4 Å². The fourth-order valence-electron chi connectivity index (χ4n) is 0.829. The number of aliphatic hydroxyl groups is 1. The summed E-state index contributed by atoms with van der Waals surface area (Å²) in [4.78, 5) is 11.2. The molecule has 0 aliphatic heterocycles. The van der Waals surface area contributed by atoms with Crippen molar-refractivity contribution in [3.63, 3.8) is 0 Å². The molecule has 0 fully saturated rings. The molecular formula is C9H20N2O2. The monoisotopic (exact) mass is 188 g/mol. The van der Waals surface area contributed by atoms with E-state index in [2.05, 4.69) is 5.32 Å². The maximum absolute atomic E-state index is 11.2. The van der Waals surface area contributed by atoms with Gasteiger partial charge in [-0.15, -0.1) is 0 Å². The Bertz CT molecular complexity index is 163. The lowest BCUT2D eigenvalue weighted by Crippen LogP contribution is -2.40. The van der Waals surface area contributed by atoms with Gasteiger partial charge in [0.1, 0.15) is 0 Å². The van der Waals surface area contributed by atoms with Crippen LogP contribution in [0.15, 0.2) is 0 Å². The van der Waals surface area contributed by atoms with Gasteiger partial charge in [-0.05, 0) is 19.8 Å². The van der Waals surface area contributed by atoms with Crippen LogP contribution in [0.5, 0.6) is 0 Å². The van der Waals surface area contributed by atoms with Gasteiger partial charge in [-0.3, -0.25) is 4.79 Å². The highest BCUT2D eigenvalue weighted by Crippen LogP contribution is 2.02. The van der Waals surface area contributed by atoms with Crippen molar-refractivity contribution in [2.45, 2.75) is 32.7 Å². The summed E-state index contributed by atoms with van der Waals surface area (Å²) in [7, 11) is 0. The molecule has 1 atom stereocenters. The van der Waals surface area contributed by atoms with E-state index in [0.717, 1.165) is 0 Å². The molecule has 0 aromatic carbocycles. The minimum Gasteiger partial charge on any atom is -0.396 e. The van der Waals surface area contributed by atoms with Crippen molar-refractivity contribution < 1.29 is 9.90 Å². The average molecular weight is 188 g/mol. The van der Waals surface area contributed by atoms with E-state index in [1.54, 1.807) is 0 Å². The van der Waals surface area contributed by atoms with Gasteiger partial charge in [0, 0.05) is 25.1 Å². The highest BCUT2D eigenvalue weighted by atomic mass is 16.3. The largest absolute Gasteiger partial charge is 0.396 e. The van der Waals surface area contributed by atoms with Crippen LogP contribution in [-0.4, -0.2) is 29.7 Å². The second-order valence-corrected chi connectivity index (χ2v) is 4.26.